The molecule has 1 unspecified atom stereocenters. The smallest absolute Gasteiger partial charge is 0.410 e. The molecule has 1 atom stereocenters. The predicted molar refractivity (Wildman–Crippen MR) is 109 cm³/mol. The van der Waals surface area contributed by atoms with Gasteiger partial charge in [0.2, 0.25) is 0 Å². The summed E-state index contributed by atoms with van der Waals surface area (Å²) in [5.41, 5.74) is 5.63. The Bertz CT molecular complexity index is 537. The van der Waals surface area contributed by atoms with Crippen LogP contribution in [0.2, 0.25) is 0 Å². The number of hydrogen-bond donors (Lipinski definition) is 2. The molecular weight excluding hydrogens is 362 g/mol. The number of ether oxygens (including phenoxy) is 2. The highest BCUT2D eigenvalue weighted by molar-refractivity contribution is 5.78. The van der Waals surface area contributed by atoms with Gasteiger partial charge in [-0.2, -0.15) is 0 Å². The maximum absolute atomic E-state index is 12.1. The van der Waals surface area contributed by atoms with Crippen molar-refractivity contribution < 1.29 is 19.1 Å². The average Bonchev–Trinajstić information content (AvgIpc) is 2.57. The second-order valence-corrected chi connectivity index (χ2v) is 8.34. The molecule has 162 valence electrons. The summed E-state index contributed by atoms with van der Waals surface area (Å²) in [6, 6.07) is -0.138. The van der Waals surface area contributed by atoms with Crippen molar-refractivity contribution >= 4 is 18.1 Å². The number of amides is 2. The molecule has 1 aliphatic rings. The summed E-state index contributed by atoms with van der Waals surface area (Å²) >= 11 is 0. The summed E-state index contributed by atoms with van der Waals surface area (Å²) < 4.78 is 10.4. The van der Waals surface area contributed by atoms with E-state index in [1.807, 2.05) is 25.7 Å². The number of nitrogens with one attached hydrogen (secondary N) is 1. The monoisotopic (exact) mass is 399 g/mol. The molecule has 0 bridgehead atoms. The third-order valence-corrected chi connectivity index (χ3v) is 4.08. The first-order valence-corrected chi connectivity index (χ1v) is 9.98. The first-order chi connectivity index (χ1) is 13.0. The van der Waals surface area contributed by atoms with Crippen LogP contribution in [0.1, 0.15) is 48.0 Å². The van der Waals surface area contributed by atoms with E-state index in [1.165, 1.54) is 0 Å². The van der Waals surface area contributed by atoms with Gasteiger partial charge in [0, 0.05) is 26.2 Å². The van der Waals surface area contributed by atoms with Gasteiger partial charge in [-0.1, -0.05) is 13.8 Å². The van der Waals surface area contributed by atoms with Gasteiger partial charge in [-0.05, 0) is 40.0 Å². The van der Waals surface area contributed by atoms with Gasteiger partial charge in [-0.15, -0.1) is 0 Å². The molecular formula is C19H37N5O4. The van der Waals surface area contributed by atoms with Crippen LogP contribution in [0, 0.1) is 5.92 Å². The summed E-state index contributed by atoms with van der Waals surface area (Å²) in [5, 5.41) is 2.84. The SMILES string of the molecule is CCOC(=O)NC(CN=C(N)N1CCN(C(=O)OC(C)(C)C)CC1)CC(C)C. The van der Waals surface area contributed by atoms with Gasteiger partial charge in [-0.25, -0.2) is 9.59 Å². The molecule has 9 heteroatoms. The average molecular weight is 400 g/mol. The van der Waals surface area contributed by atoms with Gasteiger partial charge in [-0.3, -0.25) is 4.99 Å². The highest BCUT2D eigenvalue weighted by Gasteiger charge is 2.26. The van der Waals surface area contributed by atoms with Gasteiger partial charge >= 0.3 is 12.2 Å². The van der Waals surface area contributed by atoms with Crippen molar-refractivity contribution in [3.63, 3.8) is 0 Å². The number of nitrogens with zero attached hydrogens (tertiary/aromatic N) is 3. The number of carbonyl (C=O) groups excluding carboxylic acids is 2. The Kier molecular flexibility index (Phi) is 9.34. The van der Waals surface area contributed by atoms with Gasteiger partial charge in [0.1, 0.15) is 5.60 Å². The standard InChI is InChI=1S/C19H37N5O4/c1-7-27-17(25)22-15(12-14(2)3)13-21-16(20)23-8-10-24(11-9-23)18(26)28-19(4,5)6/h14-15H,7-13H2,1-6H3,(H2,20,21)(H,22,25). The summed E-state index contributed by atoms with van der Waals surface area (Å²) in [7, 11) is 0. The topological polar surface area (TPSA) is 109 Å². The van der Waals surface area contributed by atoms with E-state index in [0.717, 1.165) is 6.42 Å². The molecule has 0 aromatic carbocycles. The number of rotatable bonds is 6. The fourth-order valence-corrected chi connectivity index (χ4v) is 2.84. The van der Waals surface area contributed by atoms with Crippen molar-refractivity contribution in [3.05, 3.63) is 0 Å². The van der Waals surface area contributed by atoms with Crippen molar-refractivity contribution in [2.75, 3.05) is 39.3 Å². The second kappa shape index (κ2) is 11.0. The Morgan fingerprint density at radius 2 is 1.71 bits per heavy atom. The summed E-state index contributed by atoms with van der Waals surface area (Å²) in [5.74, 6) is 0.823. The summed E-state index contributed by atoms with van der Waals surface area (Å²) in [6.45, 7) is 14.4. The fraction of sp³-hybridized carbons (Fsp3) is 0.842. The van der Waals surface area contributed by atoms with E-state index in [2.05, 4.69) is 24.2 Å². The Balaban J connectivity index is 2.55. The van der Waals surface area contributed by atoms with Crippen molar-refractivity contribution in [2.24, 2.45) is 16.6 Å². The minimum absolute atomic E-state index is 0.138. The minimum atomic E-state index is -0.508. The molecule has 0 aromatic heterocycles. The quantitative estimate of drug-likeness (QED) is 0.522. The molecule has 0 aliphatic carbocycles. The van der Waals surface area contributed by atoms with Crippen molar-refractivity contribution in [1.82, 2.24) is 15.1 Å². The molecule has 1 rings (SSSR count). The lowest BCUT2D eigenvalue weighted by Gasteiger charge is -2.36. The number of piperazine rings is 1. The fourth-order valence-electron chi connectivity index (χ4n) is 2.84. The number of nitrogens with two attached hydrogens (primary N) is 1. The molecule has 0 radical (unpaired) electrons. The number of alkyl carbamates (subject to hydrolysis) is 1. The van der Waals surface area contributed by atoms with Gasteiger partial charge in [0.05, 0.1) is 19.2 Å². The summed E-state index contributed by atoms with van der Waals surface area (Å²) in [4.78, 5) is 31.9. The molecule has 9 nitrogen and oxygen atoms in total. The zero-order chi connectivity index (χ0) is 21.3. The van der Waals surface area contributed by atoms with Crippen LogP contribution in [-0.4, -0.2) is 78.9 Å². The van der Waals surface area contributed by atoms with Crippen LogP contribution in [0.15, 0.2) is 4.99 Å². The van der Waals surface area contributed by atoms with Crippen LogP contribution in [-0.2, 0) is 9.47 Å². The number of guanidine groups is 1. The van der Waals surface area contributed by atoms with E-state index in [4.69, 9.17) is 15.2 Å². The highest BCUT2D eigenvalue weighted by atomic mass is 16.6. The normalized spacial score (nSPS) is 16.8. The van der Waals surface area contributed by atoms with E-state index >= 15 is 0 Å². The lowest BCUT2D eigenvalue weighted by Crippen LogP contribution is -2.53. The molecule has 2 amide bonds. The first kappa shape index (κ1) is 23.8. The predicted octanol–water partition coefficient (Wildman–Crippen LogP) is 2.01. The lowest BCUT2D eigenvalue weighted by molar-refractivity contribution is 0.0186. The number of aliphatic imine (C=N–C) groups is 1. The maximum Gasteiger partial charge on any atom is 0.410 e. The Labute approximate surface area is 168 Å². The largest absolute Gasteiger partial charge is 0.450 e. The number of carbonyl (C=O) groups is 2. The van der Waals surface area contributed by atoms with Gasteiger partial charge < -0.3 is 30.3 Å². The van der Waals surface area contributed by atoms with Crippen LogP contribution in [0.4, 0.5) is 9.59 Å². The Morgan fingerprint density at radius 1 is 1.14 bits per heavy atom. The van der Waals surface area contributed by atoms with E-state index in [-0.39, 0.29) is 12.1 Å². The van der Waals surface area contributed by atoms with E-state index in [0.29, 0.717) is 51.2 Å². The third-order valence-electron chi connectivity index (χ3n) is 4.08. The highest BCUT2D eigenvalue weighted by Crippen LogP contribution is 2.12. The van der Waals surface area contributed by atoms with Crippen LogP contribution < -0.4 is 11.1 Å². The minimum Gasteiger partial charge on any atom is -0.450 e. The van der Waals surface area contributed by atoms with Crippen LogP contribution >= 0.6 is 0 Å². The van der Waals surface area contributed by atoms with Gasteiger partial charge in [0.25, 0.3) is 0 Å². The zero-order valence-electron chi connectivity index (χ0n) is 18.2. The zero-order valence-corrected chi connectivity index (χ0v) is 18.2. The Morgan fingerprint density at radius 3 is 2.21 bits per heavy atom. The van der Waals surface area contributed by atoms with E-state index in [9.17, 15) is 9.59 Å². The molecule has 1 fully saturated rings. The van der Waals surface area contributed by atoms with Crippen LogP contribution in [0.3, 0.4) is 0 Å². The third kappa shape index (κ3) is 9.14. The van der Waals surface area contributed by atoms with Crippen molar-refractivity contribution in [2.45, 2.75) is 59.6 Å². The molecule has 1 aliphatic heterocycles. The van der Waals surface area contributed by atoms with E-state index in [1.54, 1.807) is 11.8 Å². The van der Waals surface area contributed by atoms with Crippen molar-refractivity contribution in [3.8, 4) is 0 Å². The molecule has 1 saturated heterocycles. The molecule has 0 saturated carbocycles. The van der Waals surface area contributed by atoms with Crippen LogP contribution in [0.5, 0.6) is 0 Å². The maximum atomic E-state index is 12.1. The molecule has 28 heavy (non-hydrogen) atoms. The van der Waals surface area contributed by atoms with E-state index < -0.39 is 11.7 Å². The Hall–Kier alpha value is -2.19. The van der Waals surface area contributed by atoms with Crippen molar-refractivity contribution in [1.29, 1.82) is 0 Å². The second-order valence-electron chi connectivity index (χ2n) is 8.34. The molecule has 0 spiro atoms. The molecule has 0 aromatic rings. The summed E-state index contributed by atoms with van der Waals surface area (Å²) in [6.07, 6.45) is 0.0355. The molecule has 1 heterocycles. The van der Waals surface area contributed by atoms with Crippen LogP contribution in [0.25, 0.3) is 0 Å². The first-order valence-electron chi connectivity index (χ1n) is 9.98. The number of hydrogen-bond acceptors (Lipinski definition) is 5. The lowest BCUT2D eigenvalue weighted by atomic mass is 10.0. The molecule has 3 N–H and O–H groups in total. The van der Waals surface area contributed by atoms with Gasteiger partial charge in [0.15, 0.2) is 5.96 Å².